The van der Waals surface area contributed by atoms with Crippen LogP contribution < -0.4 is 5.32 Å². The largest absolute Gasteiger partial charge is 0.507 e. The highest BCUT2D eigenvalue weighted by Gasteiger charge is 2.16. The highest BCUT2D eigenvalue weighted by atomic mass is 16.5. The molecule has 5 heteroatoms. The second kappa shape index (κ2) is 8.87. The number of rotatable bonds is 7. The third-order valence-corrected chi connectivity index (χ3v) is 3.91. The summed E-state index contributed by atoms with van der Waals surface area (Å²) in [5, 5.41) is 12.7. The molecule has 0 saturated heterocycles. The van der Waals surface area contributed by atoms with Gasteiger partial charge in [-0.25, -0.2) is 4.79 Å². The van der Waals surface area contributed by atoms with Crippen molar-refractivity contribution in [1.82, 2.24) is 5.32 Å². The van der Waals surface area contributed by atoms with Crippen LogP contribution in [0.2, 0.25) is 0 Å². The van der Waals surface area contributed by atoms with Crippen LogP contribution in [0.3, 0.4) is 0 Å². The van der Waals surface area contributed by atoms with E-state index in [2.05, 4.69) is 5.32 Å². The number of aryl methyl sites for hydroxylation is 2. The number of aromatic hydroxyl groups is 1. The summed E-state index contributed by atoms with van der Waals surface area (Å²) >= 11 is 0. The fourth-order valence-electron chi connectivity index (χ4n) is 2.45. The number of amides is 1. The van der Waals surface area contributed by atoms with Crippen molar-refractivity contribution in [2.45, 2.75) is 32.7 Å². The molecule has 0 aromatic heterocycles. The Hall–Kier alpha value is -2.82. The maximum atomic E-state index is 12.0. The number of benzene rings is 2. The predicted molar refractivity (Wildman–Crippen MR) is 95.5 cm³/mol. The van der Waals surface area contributed by atoms with Gasteiger partial charge in [-0.3, -0.25) is 4.79 Å². The van der Waals surface area contributed by atoms with Crippen LogP contribution >= 0.6 is 0 Å². The van der Waals surface area contributed by atoms with Gasteiger partial charge >= 0.3 is 5.97 Å². The van der Waals surface area contributed by atoms with Crippen LogP contribution in [0, 0.1) is 6.92 Å². The molecule has 0 bridgehead atoms. The van der Waals surface area contributed by atoms with E-state index in [1.807, 2.05) is 37.3 Å². The lowest BCUT2D eigenvalue weighted by molar-refractivity contribution is -0.124. The summed E-state index contributed by atoms with van der Waals surface area (Å²) in [4.78, 5) is 23.9. The molecular formula is C20H23NO4. The molecule has 2 rings (SSSR count). The van der Waals surface area contributed by atoms with Crippen molar-refractivity contribution in [3.05, 3.63) is 65.2 Å². The minimum Gasteiger partial charge on any atom is -0.507 e. The van der Waals surface area contributed by atoms with Crippen molar-refractivity contribution < 1.29 is 19.4 Å². The SMILES string of the molecule is Cc1cccc(C(=O)OCC(=O)N[C@@H](C)CCc2ccccc2)c1O. The molecular weight excluding hydrogens is 318 g/mol. The first kappa shape index (κ1) is 18.5. The molecule has 2 N–H and O–H groups in total. The summed E-state index contributed by atoms with van der Waals surface area (Å²) in [6.07, 6.45) is 1.65. The molecule has 1 atom stereocenters. The summed E-state index contributed by atoms with van der Waals surface area (Å²) in [7, 11) is 0. The summed E-state index contributed by atoms with van der Waals surface area (Å²) in [5.74, 6) is -1.20. The summed E-state index contributed by atoms with van der Waals surface area (Å²) in [6.45, 7) is 3.23. The molecule has 2 aromatic carbocycles. The molecule has 0 unspecified atom stereocenters. The van der Waals surface area contributed by atoms with Gasteiger partial charge < -0.3 is 15.2 Å². The fourth-order valence-corrected chi connectivity index (χ4v) is 2.45. The summed E-state index contributed by atoms with van der Waals surface area (Å²) in [5.41, 5.74) is 1.85. The molecule has 0 aliphatic heterocycles. The summed E-state index contributed by atoms with van der Waals surface area (Å²) in [6, 6.07) is 14.8. The van der Waals surface area contributed by atoms with Crippen LogP contribution in [0.25, 0.3) is 0 Å². The third kappa shape index (κ3) is 5.64. The molecule has 132 valence electrons. The molecule has 0 spiro atoms. The topological polar surface area (TPSA) is 75.6 Å². The number of carbonyl (C=O) groups excluding carboxylic acids is 2. The van der Waals surface area contributed by atoms with Gasteiger partial charge in [-0.1, -0.05) is 42.5 Å². The number of hydrogen-bond acceptors (Lipinski definition) is 4. The van der Waals surface area contributed by atoms with E-state index in [0.29, 0.717) is 5.56 Å². The molecule has 0 heterocycles. The Morgan fingerprint density at radius 3 is 2.56 bits per heavy atom. The first-order chi connectivity index (χ1) is 12.0. The molecule has 0 aliphatic carbocycles. The fraction of sp³-hybridized carbons (Fsp3) is 0.300. The Kier molecular flexibility index (Phi) is 6.57. The maximum Gasteiger partial charge on any atom is 0.342 e. The Bertz CT molecular complexity index is 728. The average molecular weight is 341 g/mol. The third-order valence-electron chi connectivity index (χ3n) is 3.91. The van der Waals surface area contributed by atoms with E-state index in [9.17, 15) is 14.7 Å². The van der Waals surface area contributed by atoms with Gasteiger partial charge in [-0.2, -0.15) is 0 Å². The van der Waals surface area contributed by atoms with E-state index in [1.165, 1.54) is 11.6 Å². The van der Waals surface area contributed by atoms with Crippen molar-refractivity contribution in [3.8, 4) is 5.75 Å². The van der Waals surface area contributed by atoms with Crippen LogP contribution in [0.4, 0.5) is 0 Å². The molecule has 2 aromatic rings. The van der Waals surface area contributed by atoms with E-state index < -0.39 is 5.97 Å². The lowest BCUT2D eigenvalue weighted by atomic mass is 10.1. The van der Waals surface area contributed by atoms with Crippen LogP contribution in [0.5, 0.6) is 5.75 Å². The molecule has 0 radical (unpaired) electrons. The van der Waals surface area contributed by atoms with E-state index >= 15 is 0 Å². The Balaban J connectivity index is 1.76. The van der Waals surface area contributed by atoms with Gasteiger partial charge in [0.05, 0.1) is 0 Å². The van der Waals surface area contributed by atoms with Gasteiger partial charge in [-0.05, 0) is 43.9 Å². The van der Waals surface area contributed by atoms with Crippen LogP contribution in [-0.2, 0) is 16.0 Å². The zero-order valence-electron chi connectivity index (χ0n) is 14.5. The number of phenols is 1. The highest BCUT2D eigenvalue weighted by Crippen LogP contribution is 2.21. The standard InChI is InChI=1S/C20H23NO4/c1-14-7-6-10-17(19(14)23)20(24)25-13-18(22)21-15(2)11-12-16-8-4-3-5-9-16/h3-10,15,23H,11-13H2,1-2H3,(H,21,22)/t15-/m0/s1. The van der Waals surface area contributed by atoms with Gasteiger partial charge in [0, 0.05) is 6.04 Å². The lowest BCUT2D eigenvalue weighted by Gasteiger charge is -2.14. The Labute approximate surface area is 147 Å². The first-order valence-electron chi connectivity index (χ1n) is 8.26. The van der Waals surface area contributed by atoms with E-state index in [-0.39, 0.29) is 29.9 Å². The van der Waals surface area contributed by atoms with Crippen molar-refractivity contribution in [3.63, 3.8) is 0 Å². The quantitative estimate of drug-likeness (QED) is 0.759. The number of nitrogens with one attached hydrogen (secondary N) is 1. The number of phenolic OH excluding ortho intramolecular Hbond substituents is 1. The number of hydrogen-bond donors (Lipinski definition) is 2. The van der Waals surface area contributed by atoms with E-state index in [1.54, 1.807) is 19.1 Å². The highest BCUT2D eigenvalue weighted by molar-refractivity contribution is 5.94. The maximum absolute atomic E-state index is 12.0. The smallest absolute Gasteiger partial charge is 0.342 e. The first-order valence-corrected chi connectivity index (χ1v) is 8.26. The van der Waals surface area contributed by atoms with Crippen LogP contribution in [0.1, 0.15) is 34.8 Å². The zero-order valence-corrected chi connectivity index (χ0v) is 14.5. The van der Waals surface area contributed by atoms with Crippen LogP contribution in [-0.4, -0.2) is 29.6 Å². The van der Waals surface area contributed by atoms with Gasteiger partial charge in [0.2, 0.25) is 0 Å². The zero-order chi connectivity index (χ0) is 18.2. The number of carbonyl (C=O) groups is 2. The monoisotopic (exact) mass is 341 g/mol. The Morgan fingerprint density at radius 2 is 1.84 bits per heavy atom. The van der Waals surface area contributed by atoms with Crippen molar-refractivity contribution >= 4 is 11.9 Å². The molecule has 25 heavy (non-hydrogen) atoms. The molecule has 0 saturated carbocycles. The van der Waals surface area contributed by atoms with Crippen molar-refractivity contribution in [2.75, 3.05) is 6.61 Å². The molecule has 0 aliphatic rings. The second-order valence-corrected chi connectivity index (χ2v) is 6.04. The van der Waals surface area contributed by atoms with Crippen molar-refractivity contribution in [2.24, 2.45) is 0 Å². The van der Waals surface area contributed by atoms with Gasteiger partial charge in [0.1, 0.15) is 11.3 Å². The molecule has 0 fully saturated rings. The summed E-state index contributed by atoms with van der Waals surface area (Å²) < 4.78 is 4.98. The molecule has 5 nitrogen and oxygen atoms in total. The lowest BCUT2D eigenvalue weighted by Crippen LogP contribution is -2.36. The molecule has 1 amide bonds. The van der Waals surface area contributed by atoms with Gasteiger partial charge in [-0.15, -0.1) is 0 Å². The number of para-hydroxylation sites is 1. The van der Waals surface area contributed by atoms with Crippen molar-refractivity contribution in [1.29, 1.82) is 0 Å². The predicted octanol–water partition coefficient (Wildman–Crippen LogP) is 2.99. The minimum absolute atomic E-state index is 0.0289. The van der Waals surface area contributed by atoms with Gasteiger partial charge in [0.25, 0.3) is 5.91 Å². The Morgan fingerprint density at radius 1 is 1.12 bits per heavy atom. The van der Waals surface area contributed by atoms with E-state index in [4.69, 9.17) is 4.74 Å². The second-order valence-electron chi connectivity index (χ2n) is 6.04. The normalized spacial score (nSPS) is 11.6. The van der Waals surface area contributed by atoms with Crippen LogP contribution in [0.15, 0.2) is 48.5 Å². The minimum atomic E-state index is -0.715. The van der Waals surface area contributed by atoms with E-state index in [0.717, 1.165) is 12.8 Å². The number of esters is 1. The average Bonchev–Trinajstić information content (AvgIpc) is 2.61. The van der Waals surface area contributed by atoms with Gasteiger partial charge in [0.15, 0.2) is 6.61 Å². The number of ether oxygens (including phenoxy) is 1.